The molecular formula is C16H20N2O4. The number of rotatable bonds is 4. The molecule has 0 aromatic heterocycles. The molecule has 0 amide bonds. The van der Waals surface area contributed by atoms with Crippen molar-refractivity contribution in [1.82, 2.24) is 0 Å². The van der Waals surface area contributed by atoms with Crippen molar-refractivity contribution in [3.63, 3.8) is 0 Å². The lowest BCUT2D eigenvalue weighted by molar-refractivity contribution is -0.108. The van der Waals surface area contributed by atoms with Gasteiger partial charge in [0.2, 0.25) is 0 Å². The number of ether oxygens (including phenoxy) is 3. The third-order valence-corrected chi connectivity index (χ3v) is 3.63. The monoisotopic (exact) mass is 304 g/mol. The predicted octanol–water partition coefficient (Wildman–Crippen LogP) is 0.969. The summed E-state index contributed by atoms with van der Waals surface area (Å²) in [5.41, 5.74) is 8.75. The molecule has 0 spiro atoms. The molecule has 3 N–H and O–H groups in total. The standard InChI is InChI=1S/C16H20N2O4/c17-16(22-10-13-9-20-5-6-21-13)8-15-14-2-1-12(19)7-11(14)3-4-18-15/h1-2,7-8,13,19H,3-6,9-10,17H2/b16-8+/t13-/m1/s1. The molecule has 6 heteroatoms. The van der Waals surface area contributed by atoms with E-state index in [2.05, 4.69) is 4.99 Å². The molecule has 0 bridgehead atoms. The highest BCUT2D eigenvalue weighted by molar-refractivity contribution is 6.10. The van der Waals surface area contributed by atoms with Crippen molar-refractivity contribution in [2.75, 3.05) is 33.0 Å². The Morgan fingerprint density at radius 3 is 3.18 bits per heavy atom. The van der Waals surface area contributed by atoms with E-state index in [9.17, 15) is 5.11 Å². The first-order chi connectivity index (χ1) is 10.7. The van der Waals surface area contributed by atoms with E-state index in [0.717, 1.165) is 23.3 Å². The lowest BCUT2D eigenvalue weighted by atomic mass is 9.97. The summed E-state index contributed by atoms with van der Waals surface area (Å²) in [7, 11) is 0. The molecule has 1 saturated heterocycles. The fourth-order valence-electron chi connectivity index (χ4n) is 2.54. The van der Waals surface area contributed by atoms with E-state index in [1.165, 1.54) is 0 Å². The molecule has 118 valence electrons. The van der Waals surface area contributed by atoms with Crippen LogP contribution in [0.4, 0.5) is 0 Å². The van der Waals surface area contributed by atoms with Crippen molar-refractivity contribution in [2.24, 2.45) is 10.7 Å². The Bertz CT molecular complexity index is 592. The molecule has 2 aliphatic heterocycles. The highest BCUT2D eigenvalue weighted by Gasteiger charge is 2.16. The minimum atomic E-state index is -0.0850. The van der Waals surface area contributed by atoms with Crippen LogP contribution in [0.3, 0.4) is 0 Å². The molecule has 1 fully saturated rings. The van der Waals surface area contributed by atoms with E-state index in [-0.39, 0.29) is 11.9 Å². The molecule has 22 heavy (non-hydrogen) atoms. The molecule has 6 nitrogen and oxygen atoms in total. The van der Waals surface area contributed by atoms with Crippen LogP contribution in [0.1, 0.15) is 11.1 Å². The number of nitrogens with two attached hydrogens (primary N) is 1. The highest BCUT2D eigenvalue weighted by Crippen LogP contribution is 2.22. The van der Waals surface area contributed by atoms with Crippen molar-refractivity contribution < 1.29 is 19.3 Å². The number of phenolic OH excluding ortho intramolecular Hbond substituents is 1. The second-order valence-electron chi connectivity index (χ2n) is 5.28. The molecule has 3 rings (SSSR count). The van der Waals surface area contributed by atoms with Gasteiger partial charge >= 0.3 is 0 Å². The molecule has 2 aliphatic rings. The molecular weight excluding hydrogens is 284 g/mol. The third kappa shape index (κ3) is 3.58. The zero-order valence-electron chi connectivity index (χ0n) is 12.3. The number of fused-ring (bicyclic) bond motifs is 1. The van der Waals surface area contributed by atoms with E-state index in [4.69, 9.17) is 19.9 Å². The Morgan fingerprint density at radius 2 is 2.36 bits per heavy atom. The number of phenols is 1. The van der Waals surface area contributed by atoms with Crippen LogP contribution in [0.15, 0.2) is 35.2 Å². The van der Waals surface area contributed by atoms with E-state index in [0.29, 0.717) is 38.9 Å². The van der Waals surface area contributed by atoms with Gasteiger partial charge in [0.1, 0.15) is 18.5 Å². The van der Waals surface area contributed by atoms with Gasteiger partial charge < -0.3 is 25.1 Å². The second kappa shape index (κ2) is 6.81. The molecule has 0 radical (unpaired) electrons. The normalized spacial score (nSPS) is 21.9. The van der Waals surface area contributed by atoms with Gasteiger partial charge in [-0.05, 0) is 30.2 Å². The Hall–Kier alpha value is -2.05. The summed E-state index contributed by atoms with van der Waals surface area (Å²) >= 11 is 0. The van der Waals surface area contributed by atoms with Gasteiger partial charge in [0, 0.05) is 18.2 Å². The maximum atomic E-state index is 9.55. The van der Waals surface area contributed by atoms with Crippen LogP contribution < -0.4 is 5.73 Å². The Balaban J connectivity index is 1.65. The maximum absolute atomic E-state index is 9.55. The Kier molecular flexibility index (Phi) is 4.60. The van der Waals surface area contributed by atoms with E-state index in [1.807, 2.05) is 6.07 Å². The van der Waals surface area contributed by atoms with Crippen LogP contribution in [0.25, 0.3) is 0 Å². The van der Waals surface area contributed by atoms with Crippen molar-refractivity contribution >= 4 is 5.71 Å². The van der Waals surface area contributed by atoms with Gasteiger partial charge in [-0.25, -0.2) is 0 Å². The first-order valence-corrected chi connectivity index (χ1v) is 7.38. The van der Waals surface area contributed by atoms with Crippen LogP contribution in [-0.2, 0) is 20.6 Å². The average Bonchev–Trinajstić information content (AvgIpc) is 2.54. The summed E-state index contributed by atoms with van der Waals surface area (Å²) in [6.07, 6.45) is 2.45. The molecule has 1 atom stereocenters. The molecule has 1 aromatic rings. The van der Waals surface area contributed by atoms with Crippen LogP contribution in [-0.4, -0.2) is 49.9 Å². The highest BCUT2D eigenvalue weighted by atomic mass is 16.6. The first kappa shape index (κ1) is 14.9. The predicted molar refractivity (Wildman–Crippen MR) is 82.0 cm³/mol. The lowest BCUT2D eigenvalue weighted by Crippen LogP contribution is -2.32. The topological polar surface area (TPSA) is 86.3 Å². The summed E-state index contributed by atoms with van der Waals surface area (Å²) in [5, 5.41) is 9.55. The van der Waals surface area contributed by atoms with E-state index < -0.39 is 0 Å². The number of nitrogens with zero attached hydrogens (tertiary/aromatic N) is 1. The van der Waals surface area contributed by atoms with Crippen LogP contribution in [0, 0.1) is 0 Å². The van der Waals surface area contributed by atoms with Crippen molar-refractivity contribution in [3.8, 4) is 5.75 Å². The van der Waals surface area contributed by atoms with Gasteiger partial charge in [0.05, 0.1) is 25.5 Å². The first-order valence-electron chi connectivity index (χ1n) is 7.38. The quantitative estimate of drug-likeness (QED) is 0.810. The number of allylic oxidation sites excluding steroid dienone is 1. The SMILES string of the molecule is N/C(=C\C1=NCCc2cc(O)ccc21)OC[C@H]1COCCO1. The van der Waals surface area contributed by atoms with E-state index in [1.54, 1.807) is 18.2 Å². The number of aromatic hydroxyl groups is 1. The zero-order valence-corrected chi connectivity index (χ0v) is 12.3. The molecule has 0 aliphatic carbocycles. The van der Waals surface area contributed by atoms with Gasteiger partial charge in [0.15, 0.2) is 5.88 Å². The summed E-state index contributed by atoms with van der Waals surface area (Å²) in [5.74, 6) is 0.566. The molecule has 0 unspecified atom stereocenters. The summed E-state index contributed by atoms with van der Waals surface area (Å²) in [6.45, 7) is 2.77. The van der Waals surface area contributed by atoms with Gasteiger partial charge in [-0.3, -0.25) is 4.99 Å². The van der Waals surface area contributed by atoms with Crippen LogP contribution >= 0.6 is 0 Å². The van der Waals surface area contributed by atoms with Gasteiger partial charge in [0.25, 0.3) is 0 Å². The van der Waals surface area contributed by atoms with Crippen molar-refractivity contribution in [1.29, 1.82) is 0 Å². The zero-order chi connectivity index (χ0) is 15.4. The van der Waals surface area contributed by atoms with E-state index >= 15 is 0 Å². The van der Waals surface area contributed by atoms with Crippen LogP contribution in [0.2, 0.25) is 0 Å². The van der Waals surface area contributed by atoms with Crippen molar-refractivity contribution in [3.05, 3.63) is 41.3 Å². The molecule has 2 heterocycles. The smallest absolute Gasteiger partial charge is 0.186 e. The Morgan fingerprint density at radius 1 is 1.45 bits per heavy atom. The van der Waals surface area contributed by atoms with Gasteiger partial charge in [-0.2, -0.15) is 0 Å². The second-order valence-corrected chi connectivity index (χ2v) is 5.28. The largest absolute Gasteiger partial charge is 0.508 e. The number of hydrogen-bond acceptors (Lipinski definition) is 6. The summed E-state index contributed by atoms with van der Waals surface area (Å²) in [6, 6.07) is 5.27. The fraction of sp³-hybridized carbons (Fsp3) is 0.438. The van der Waals surface area contributed by atoms with Gasteiger partial charge in [-0.1, -0.05) is 0 Å². The number of benzene rings is 1. The molecule has 1 aromatic carbocycles. The van der Waals surface area contributed by atoms with Crippen molar-refractivity contribution in [2.45, 2.75) is 12.5 Å². The minimum absolute atomic E-state index is 0.0850. The average molecular weight is 304 g/mol. The maximum Gasteiger partial charge on any atom is 0.186 e. The number of hydrogen-bond donors (Lipinski definition) is 2. The van der Waals surface area contributed by atoms with Crippen LogP contribution in [0.5, 0.6) is 5.75 Å². The fourth-order valence-corrected chi connectivity index (χ4v) is 2.54. The number of aliphatic imine (C=N–C) groups is 1. The lowest BCUT2D eigenvalue weighted by Gasteiger charge is -2.23. The minimum Gasteiger partial charge on any atom is -0.508 e. The Labute approximate surface area is 129 Å². The summed E-state index contributed by atoms with van der Waals surface area (Å²) < 4.78 is 16.3. The van der Waals surface area contributed by atoms with Gasteiger partial charge in [-0.15, -0.1) is 0 Å². The summed E-state index contributed by atoms with van der Waals surface area (Å²) in [4.78, 5) is 4.48. The molecule has 0 saturated carbocycles. The third-order valence-electron chi connectivity index (χ3n) is 3.63.